The number of ether oxygens (including phenoxy) is 2. The van der Waals surface area contributed by atoms with Crippen LogP contribution < -0.4 is 10.1 Å². The molecule has 1 saturated heterocycles. The topological polar surface area (TPSA) is 43.4 Å². The van der Waals surface area contributed by atoms with Crippen LogP contribution in [-0.4, -0.2) is 30.8 Å². The molecule has 1 fully saturated rings. The summed E-state index contributed by atoms with van der Waals surface area (Å²) in [5.74, 6) is 1.46. The molecule has 1 aromatic heterocycles. The van der Waals surface area contributed by atoms with Gasteiger partial charge in [0.25, 0.3) is 0 Å². The number of anilines is 1. The van der Waals surface area contributed by atoms with E-state index < -0.39 is 0 Å². The molecule has 2 heterocycles. The summed E-state index contributed by atoms with van der Waals surface area (Å²) >= 11 is 0. The predicted molar refractivity (Wildman–Crippen MR) is 62.9 cm³/mol. The normalized spacial score (nSPS) is 24.4. The van der Waals surface area contributed by atoms with Crippen LogP contribution in [0, 0.1) is 0 Å². The first-order valence-electron chi connectivity index (χ1n) is 5.61. The van der Waals surface area contributed by atoms with Gasteiger partial charge in [-0.25, -0.2) is 0 Å². The van der Waals surface area contributed by atoms with Crippen LogP contribution >= 0.6 is 0 Å². The number of hydrogen-bond acceptors (Lipinski definition) is 4. The molecule has 4 nitrogen and oxygen atoms in total. The van der Waals surface area contributed by atoms with Crippen LogP contribution in [-0.2, 0) is 4.74 Å². The molecule has 1 aromatic rings. The summed E-state index contributed by atoms with van der Waals surface area (Å²) in [7, 11) is 1.62. The van der Waals surface area contributed by atoms with Crippen molar-refractivity contribution in [2.45, 2.75) is 25.4 Å². The Bertz CT molecular complexity index is 349. The fourth-order valence-corrected chi connectivity index (χ4v) is 1.88. The Kier molecular flexibility index (Phi) is 3.29. The van der Waals surface area contributed by atoms with E-state index in [-0.39, 0.29) is 5.60 Å². The molecule has 1 atom stereocenters. The third-order valence-corrected chi connectivity index (χ3v) is 2.88. The highest BCUT2D eigenvalue weighted by atomic mass is 16.5. The molecule has 1 N–H and O–H groups in total. The van der Waals surface area contributed by atoms with Crippen molar-refractivity contribution in [2.75, 3.05) is 25.6 Å². The average molecular weight is 222 g/mol. The molecule has 4 heteroatoms. The zero-order chi connectivity index (χ0) is 11.4. The lowest BCUT2D eigenvalue weighted by molar-refractivity contribution is 0.0314. The van der Waals surface area contributed by atoms with Crippen LogP contribution in [0.1, 0.15) is 19.8 Å². The van der Waals surface area contributed by atoms with Gasteiger partial charge in [-0.2, -0.15) is 4.98 Å². The minimum Gasteiger partial charge on any atom is -0.481 e. The summed E-state index contributed by atoms with van der Waals surface area (Å²) in [6.45, 7) is 3.78. The first-order valence-corrected chi connectivity index (χ1v) is 5.61. The van der Waals surface area contributed by atoms with Gasteiger partial charge >= 0.3 is 0 Å². The molecular formula is C12H18N2O2. The molecule has 0 aliphatic carbocycles. The number of nitrogens with zero attached hydrogens (tertiary/aromatic N) is 1. The van der Waals surface area contributed by atoms with Crippen molar-refractivity contribution in [3.05, 3.63) is 18.2 Å². The highest BCUT2D eigenvalue weighted by Crippen LogP contribution is 2.25. The van der Waals surface area contributed by atoms with Crippen molar-refractivity contribution in [1.29, 1.82) is 0 Å². The summed E-state index contributed by atoms with van der Waals surface area (Å²) in [5.41, 5.74) is -0.0508. The van der Waals surface area contributed by atoms with Gasteiger partial charge in [-0.05, 0) is 25.8 Å². The Balaban J connectivity index is 1.93. The minimum atomic E-state index is -0.0508. The summed E-state index contributed by atoms with van der Waals surface area (Å²) in [6.07, 6.45) is 2.24. The van der Waals surface area contributed by atoms with E-state index in [4.69, 9.17) is 9.47 Å². The molecule has 0 amide bonds. The maximum absolute atomic E-state index is 5.70. The lowest BCUT2D eigenvalue weighted by Gasteiger charge is -2.23. The van der Waals surface area contributed by atoms with Crippen molar-refractivity contribution in [1.82, 2.24) is 4.98 Å². The quantitative estimate of drug-likeness (QED) is 0.847. The van der Waals surface area contributed by atoms with E-state index in [1.54, 1.807) is 7.11 Å². The first kappa shape index (κ1) is 11.2. The van der Waals surface area contributed by atoms with Gasteiger partial charge in [0.1, 0.15) is 5.82 Å². The molecule has 0 bridgehead atoms. The molecule has 2 rings (SSSR count). The molecular weight excluding hydrogens is 204 g/mol. The number of nitrogens with one attached hydrogen (secondary N) is 1. The zero-order valence-electron chi connectivity index (χ0n) is 9.82. The maximum Gasteiger partial charge on any atom is 0.214 e. The van der Waals surface area contributed by atoms with Crippen LogP contribution in [0.2, 0.25) is 0 Å². The Morgan fingerprint density at radius 3 is 3.12 bits per heavy atom. The molecule has 88 valence electrons. The van der Waals surface area contributed by atoms with Crippen molar-refractivity contribution < 1.29 is 9.47 Å². The standard InChI is InChI=1S/C12H18N2O2/c1-12(7-4-8-16-12)9-13-10-5-3-6-11(14-10)15-2/h3,5-6H,4,7-9H2,1-2H3,(H,13,14). The van der Waals surface area contributed by atoms with Crippen molar-refractivity contribution >= 4 is 5.82 Å². The van der Waals surface area contributed by atoms with E-state index in [1.807, 2.05) is 18.2 Å². The van der Waals surface area contributed by atoms with Gasteiger partial charge in [-0.1, -0.05) is 6.07 Å². The van der Waals surface area contributed by atoms with Crippen LogP contribution in [0.25, 0.3) is 0 Å². The SMILES string of the molecule is COc1cccc(NCC2(C)CCCO2)n1. The second-order valence-corrected chi connectivity index (χ2v) is 4.32. The van der Waals surface area contributed by atoms with E-state index in [9.17, 15) is 0 Å². The van der Waals surface area contributed by atoms with Crippen LogP contribution in [0.3, 0.4) is 0 Å². The van der Waals surface area contributed by atoms with Crippen molar-refractivity contribution in [3.63, 3.8) is 0 Å². The van der Waals surface area contributed by atoms with Gasteiger partial charge in [-0.15, -0.1) is 0 Å². The Hall–Kier alpha value is -1.29. The number of hydrogen-bond donors (Lipinski definition) is 1. The van der Waals surface area contributed by atoms with Crippen molar-refractivity contribution in [3.8, 4) is 5.88 Å². The van der Waals surface area contributed by atoms with Gasteiger partial charge in [-0.3, -0.25) is 0 Å². The second kappa shape index (κ2) is 4.70. The largest absolute Gasteiger partial charge is 0.481 e. The third-order valence-electron chi connectivity index (χ3n) is 2.88. The second-order valence-electron chi connectivity index (χ2n) is 4.32. The molecule has 0 saturated carbocycles. The Morgan fingerprint density at radius 2 is 2.44 bits per heavy atom. The Labute approximate surface area is 96.0 Å². The third kappa shape index (κ3) is 2.64. The van der Waals surface area contributed by atoms with Gasteiger partial charge in [0, 0.05) is 19.2 Å². The van der Waals surface area contributed by atoms with E-state index in [0.717, 1.165) is 31.8 Å². The van der Waals surface area contributed by atoms with E-state index in [0.29, 0.717) is 5.88 Å². The molecule has 1 unspecified atom stereocenters. The summed E-state index contributed by atoms with van der Waals surface area (Å²) in [5, 5.41) is 3.29. The highest BCUT2D eigenvalue weighted by Gasteiger charge is 2.29. The number of methoxy groups -OCH3 is 1. The van der Waals surface area contributed by atoms with Crippen LogP contribution in [0.5, 0.6) is 5.88 Å². The maximum atomic E-state index is 5.70. The molecule has 1 aliphatic rings. The molecule has 0 radical (unpaired) electrons. The van der Waals surface area contributed by atoms with Gasteiger partial charge < -0.3 is 14.8 Å². The summed E-state index contributed by atoms with van der Waals surface area (Å²) < 4.78 is 10.8. The van der Waals surface area contributed by atoms with Crippen LogP contribution in [0.4, 0.5) is 5.82 Å². The fourth-order valence-electron chi connectivity index (χ4n) is 1.88. The van der Waals surface area contributed by atoms with Gasteiger partial charge in [0.15, 0.2) is 0 Å². The number of aromatic nitrogens is 1. The summed E-state index contributed by atoms with van der Waals surface area (Å²) in [6, 6.07) is 5.69. The lowest BCUT2D eigenvalue weighted by Crippen LogP contribution is -2.32. The molecule has 1 aliphatic heterocycles. The predicted octanol–water partition coefficient (Wildman–Crippen LogP) is 2.07. The fraction of sp³-hybridized carbons (Fsp3) is 0.583. The Morgan fingerprint density at radius 1 is 1.56 bits per heavy atom. The molecule has 0 aromatic carbocycles. The molecule has 0 spiro atoms. The summed E-state index contributed by atoms with van der Waals surface area (Å²) in [4.78, 5) is 4.29. The molecule has 16 heavy (non-hydrogen) atoms. The zero-order valence-corrected chi connectivity index (χ0v) is 9.82. The van der Waals surface area contributed by atoms with Crippen LogP contribution in [0.15, 0.2) is 18.2 Å². The monoisotopic (exact) mass is 222 g/mol. The number of rotatable bonds is 4. The lowest BCUT2D eigenvalue weighted by atomic mass is 10.0. The van der Waals surface area contributed by atoms with Crippen molar-refractivity contribution in [2.24, 2.45) is 0 Å². The minimum absolute atomic E-state index is 0.0508. The van der Waals surface area contributed by atoms with Gasteiger partial charge in [0.05, 0.1) is 12.7 Å². The average Bonchev–Trinajstić information content (AvgIpc) is 2.75. The highest BCUT2D eigenvalue weighted by molar-refractivity contribution is 5.37. The first-order chi connectivity index (χ1) is 7.72. The number of pyridine rings is 1. The van der Waals surface area contributed by atoms with E-state index >= 15 is 0 Å². The smallest absolute Gasteiger partial charge is 0.214 e. The van der Waals surface area contributed by atoms with E-state index in [2.05, 4.69) is 17.2 Å². The van der Waals surface area contributed by atoms with Gasteiger partial charge in [0.2, 0.25) is 5.88 Å². The van der Waals surface area contributed by atoms with E-state index in [1.165, 1.54) is 0 Å².